The molecule has 78 valence electrons. The average molecular weight is 274 g/mol. The second-order valence-electron chi connectivity index (χ2n) is 3.02. The predicted octanol–water partition coefficient (Wildman–Crippen LogP) is 4.00. The average Bonchev–Trinajstić information content (AvgIpc) is 2.20. The highest BCUT2D eigenvalue weighted by Crippen LogP contribution is 2.20. The summed E-state index contributed by atoms with van der Waals surface area (Å²) in [6, 6.07) is 8.23. The van der Waals surface area contributed by atoms with Crippen LogP contribution in [0.2, 0.25) is 0 Å². The first-order valence-corrected chi connectivity index (χ1v) is 6.85. The van der Waals surface area contributed by atoms with Crippen LogP contribution in [0.3, 0.4) is 0 Å². The van der Waals surface area contributed by atoms with Gasteiger partial charge in [0.25, 0.3) is 0 Å². The lowest BCUT2D eigenvalue weighted by Crippen LogP contribution is -2.04. The highest BCUT2D eigenvalue weighted by molar-refractivity contribution is 9.10. The van der Waals surface area contributed by atoms with Crippen molar-refractivity contribution in [1.82, 2.24) is 0 Å². The summed E-state index contributed by atoms with van der Waals surface area (Å²) in [5, 5.41) is 3.40. The lowest BCUT2D eigenvalue weighted by Gasteiger charge is -2.07. The van der Waals surface area contributed by atoms with Gasteiger partial charge in [-0.1, -0.05) is 19.1 Å². The van der Waals surface area contributed by atoms with E-state index in [2.05, 4.69) is 40.3 Å². The zero-order valence-electron chi connectivity index (χ0n) is 8.42. The second kappa shape index (κ2) is 7.18. The smallest absolute Gasteiger partial charge is 0.0484 e. The van der Waals surface area contributed by atoms with E-state index in [4.69, 9.17) is 0 Å². The summed E-state index contributed by atoms with van der Waals surface area (Å²) < 4.78 is 1.14. The number of para-hydroxylation sites is 1. The fourth-order valence-corrected chi connectivity index (χ4v) is 2.27. The van der Waals surface area contributed by atoms with Crippen molar-refractivity contribution in [2.75, 3.05) is 23.4 Å². The Morgan fingerprint density at radius 3 is 2.79 bits per heavy atom. The van der Waals surface area contributed by atoms with Crippen molar-refractivity contribution in [3.63, 3.8) is 0 Å². The molecule has 0 fully saturated rings. The van der Waals surface area contributed by atoms with Crippen LogP contribution in [-0.2, 0) is 0 Å². The molecular weight excluding hydrogens is 258 g/mol. The number of anilines is 1. The minimum atomic E-state index is 1.03. The van der Waals surface area contributed by atoms with Gasteiger partial charge >= 0.3 is 0 Å². The highest BCUT2D eigenvalue weighted by Gasteiger charge is 1.95. The first-order chi connectivity index (χ1) is 6.84. The van der Waals surface area contributed by atoms with Crippen molar-refractivity contribution in [2.45, 2.75) is 13.3 Å². The van der Waals surface area contributed by atoms with Crippen LogP contribution in [0.4, 0.5) is 5.69 Å². The fourth-order valence-electron chi connectivity index (χ4n) is 1.11. The number of hydrogen-bond donors (Lipinski definition) is 1. The van der Waals surface area contributed by atoms with E-state index in [0.29, 0.717) is 0 Å². The monoisotopic (exact) mass is 273 g/mol. The molecule has 0 spiro atoms. The van der Waals surface area contributed by atoms with E-state index in [9.17, 15) is 0 Å². The second-order valence-corrected chi connectivity index (χ2v) is 5.10. The molecule has 0 unspecified atom stereocenters. The first kappa shape index (κ1) is 11.9. The molecule has 0 aliphatic rings. The lowest BCUT2D eigenvalue weighted by atomic mass is 10.3. The van der Waals surface area contributed by atoms with E-state index in [0.717, 1.165) is 11.0 Å². The standard InChI is InChI=1S/C11H16BrNS/c1-2-8-14-9-7-13-11-6-4-3-5-10(11)12/h3-6,13H,2,7-9H2,1H3. The summed E-state index contributed by atoms with van der Waals surface area (Å²) in [4.78, 5) is 0. The van der Waals surface area contributed by atoms with Gasteiger partial charge in [0, 0.05) is 22.5 Å². The molecule has 0 aliphatic carbocycles. The number of hydrogen-bond acceptors (Lipinski definition) is 2. The van der Waals surface area contributed by atoms with Gasteiger partial charge in [-0.15, -0.1) is 0 Å². The van der Waals surface area contributed by atoms with Crippen molar-refractivity contribution in [2.24, 2.45) is 0 Å². The molecule has 1 rings (SSSR count). The summed E-state index contributed by atoms with van der Waals surface area (Å²) in [5.74, 6) is 2.44. The number of thioether (sulfide) groups is 1. The molecule has 14 heavy (non-hydrogen) atoms. The van der Waals surface area contributed by atoms with E-state index in [1.54, 1.807) is 0 Å². The van der Waals surface area contributed by atoms with Crippen LogP contribution in [-0.4, -0.2) is 18.1 Å². The van der Waals surface area contributed by atoms with Crippen LogP contribution in [0.25, 0.3) is 0 Å². The van der Waals surface area contributed by atoms with Crippen molar-refractivity contribution in [3.8, 4) is 0 Å². The maximum absolute atomic E-state index is 3.51. The molecule has 0 saturated heterocycles. The van der Waals surface area contributed by atoms with Crippen LogP contribution in [0.15, 0.2) is 28.7 Å². The Bertz CT molecular complexity index is 265. The van der Waals surface area contributed by atoms with Crippen LogP contribution in [0.1, 0.15) is 13.3 Å². The van der Waals surface area contributed by atoms with Crippen LogP contribution >= 0.6 is 27.7 Å². The van der Waals surface area contributed by atoms with Gasteiger partial charge in [0.15, 0.2) is 0 Å². The summed E-state index contributed by atoms with van der Waals surface area (Å²) >= 11 is 5.51. The minimum absolute atomic E-state index is 1.03. The van der Waals surface area contributed by atoms with Crippen molar-refractivity contribution < 1.29 is 0 Å². The quantitative estimate of drug-likeness (QED) is 0.787. The SMILES string of the molecule is CCCSCCNc1ccccc1Br. The largest absolute Gasteiger partial charge is 0.383 e. The molecule has 3 heteroatoms. The molecule has 0 bridgehead atoms. The number of benzene rings is 1. The van der Waals surface area contributed by atoms with Crippen molar-refractivity contribution in [1.29, 1.82) is 0 Å². The Morgan fingerprint density at radius 1 is 1.29 bits per heavy atom. The normalized spacial score (nSPS) is 10.1. The molecule has 0 amide bonds. The van der Waals surface area contributed by atoms with E-state index < -0.39 is 0 Å². The molecule has 0 heterocycles. The zero-order valence-corrected chi connectivity index (χ0v) is 10.8. The maximum Gasteiger partial charge on any atom is 0.0484 e. The summed E-state index contributed by atoms with van der Waals surface area (Å²) in [5.41, 5.74) is 1.18. The molecule has 0 saturated carbocycles. The number of rotatable bonds is 6. The topological polar surface area (TPSA) is 12.0 Å². The van der Waals surface area contributed by atoms with E-state index in [1.807, 2.05) is 23.9 Å². The fraction of sp³-hybridized carbons (Fsp3) is 0.455. The molecule has 0 radical (unpaired) electrons. The third-order valence-electron chi connectivity index (χ3n) is 1.78. The van der Waals surface area contributed by atoms with E-state index in [-0.39, 0.29) is 0 Å². The lowest BCUT2D eigenvalue weighted by molar-refractivity contribution is 1.10. The van der Waals surface area contributed by atoms with Gasteiger partial charge < -0.3 is 5.32 Å². The molecule has 1 N–H and O–H groups in total. The van der Waals surface area contributed by atoms with Gasteiger partial charge in [-0.05, 0) is 40.2 Å². The third-order valence-corrected chi connectivity index (χ3v) is 3.67. The van der Waals surface area contributed by atoms with Crippen molar-refractivity contribution in [3.05, 3.63) is 28.7 Å². The zero-order chi connectivity index (χ0) is 10.2. The molecule has 1 aromatic rings. The van der Waals surface area contributed by atoms with Gasteiger partial charge in [-0.3, -0.25) is 0 Å². The molecular formula is C11H16BrNS. The van der Waals surface area contributed by atoms with Gasteiger partial charge in [-0.2, -0.15) is 11.8 Å². The predicted molar refractivity (Wildman–Crippen MR) is 70.2 cm³/mol. The maximum atomic E-state index is 3.51. The van der Waals surface area contributed by atoms with Gasteiger partial charge in [0.2, 0.25) is 0 Å². The summed E-state index contributed by atoms with van der Waals surface area (Å²) in [6.07, 6.45) is 1.26. The van der Waals surface area contributed by atoms with Crippen LogP contribution in [0, 0.1) is 0 Å². The van der Waals surface area contributed by atoms with E-state index >= 15 is 0 Å². The molecule has 1 nitrogen and oxygen atoms in total. The Kier molecular flexibility index (Phi) is 6.12. The van der Waals surface area contributed by atoms with E-state index in [1.165, 1.54) is 23.6 Å². The molecule has 1 aromatic carbocycles. The molecule has 0 aliphatic heterocycles. The van der Waals surface area contributed by atoms with Crippen molar-refractivity contribution >= 4 is 33.4 Å². The minimum Gasteiger partial charge on any atom is -0.383 e. The van der Waals surface area contributed by atoms with Gasteiger partial charge in [0.05, 0.1) is 0 Å². The Morgan fingerprint density at radius 2 is 2.07 bits per heavy atom. The van der Waals surface area contributed by atoms with Gasteiger partial charge in [-0.25, -0.2) is 0 Å². The Hall–Kier alpha value is -0.150. The first-order valence-electron chi connectivity index (χ1n) is 4.90. The highest BCUT2D eigenvalue weighted by atomic mass is 79.9. The Balaban J connectivity index is 2.21. The van der Waals surface area contributed by atoms with Gasteiger partial charge in [0.1, 0.15) is 0 Å². The summed E-state index contributed by atoms with van der Waals surface area (Å²) in [7, 11) is 0. The molecule has 0 aromatic heterocycles. The van der Waals surface area contributed by atoms with Crippen LogP contribution in [0.5, 0.6) is 0 Å². The molecule has 0 atom stereocenters. The number of halogens is 1. The number of nitrogens with one attached hydrogen (secondary N) is 1. The summed E-state index contributed by atoms with van der Waals surface area (Å²) in [6.45, 7) is 3.25. The van der Waals surface area contributed by atoms with Crippen LogP contribution < -0.4 is 5.32 Å². The third kappa shape index (κ3) is 4.38. The Labute approximate surface area is 98.8 Å².